The van der Waals surface area contributed by atoms with Crippen molar-refractivity contribution in [3.05, 3.63) is 72.3 Å². The summed E-state index contributed by atoms with van der Waals surface area (Å²) in [6, 6.07) is 14.8. The molecule has 34 heavy (non-hydrogen) atoms. The van der Waals surface area contributed by atoms with Crippen molar-refractivity contribution in [3.8, 4) is 5.75 Å². The van der Waals surface area contributed by atoms with Crippen molar-refractivity contribution in [2.75, 3.05) is 19.0 Å². The summed E-state index contributed by atoms with van der Waals surface area (Å²) in [5, 5.41) is 16.0. The number of aromatic nitrogens is 4. The molecule has 2 heterocycles. The smallest absolute Gasteiger partial charge is 0.274 e. The number of likely N-dealkylation sites (N-methyl/N-ethyl adjacent to an activating group) is 1. The zero-order valence-electron chi connectivity index (χ0n) is 19.0. The number of carbonyl (C=O) groups excluding carboxylic acids is 2. The Morgan fingerprint density at radius 2 is 2.00 bits per heavy atom. The number of hydrogen-bond donors (Lipinski definition) is 2. The van der Waals surface area contributed by atoms with Gasteiger partial charge in [0.1, 0.15) is 17.8 Å². The largest absolute Gasteiger partial charge is 0.484 e. The minimum atomic E-state index is -0.315. The molecule has 0 fully saturated rings. The molecule has 0 bridgehead atoms. The van der Waals surface area contributed by atoms with Crippen LogP contribution in [0.15, 0.2) is 66.2 Å². The Balaban J connectivity index is 1.47. The first-order chi connectivity index (χ1) is 16.4. The Morgan fingerprint density at radius 1 is 1.15 bits per heavy atom. The van der Waals surface area contributed by atoms with Crippen LogP contribution in [0.3, 0.4) is 0 Å². The van der Waals surface area contributed by atoms with Gasteiger partial charge < -0.3 is 19.9 Å². The van der Waals surface area contributed by atoms with Gasteiger partial charge in [-0.1, -0.05) is 23.9 Å². The van der Waals surface area contributed by atoms with Gasteiger partial charge >= 0.3 is 0 Å². The van der Waals surface area contributed by atoms with E-state index < -0.39 is 0 Å². The molecule has 9 nitrogen and oxygen atoms in total. The van der Waals surface area contributed by atoms with E-state index in [0.29, 0.717) is 11.4 Å². The molecule has 0 aliphatic rings. The molecule has 0 unspecified atom stereocenters. The summed E-state index contributed by atoms with van der Waals surface area (Å²) in [6.45, 7) is 2.00. The molecular weight excluding hydrogens is 452 g/mol. The molecule has 1 atom stereocenters. The van der Waals surface area contributed by atoms with Gasteiger partial charge in [-0.3, -0.25) is 14.6 Å². The predicted molar refractivity (Wildman–Crippen MR) is 131 cm³/mol. The van der Waals surface area contributed by atoms with Crippen LogP contribution in [-0.2, 0) is 11.8 Å². The van der Waals surface area contributed by atoms with Crippen LogP contribution in [-0.4, -0.2) is 45.2 Å². The number of fused-ring (bicyclic) bond motifs is 1. The number of ether oxygens (including phenoxy) is 1. The number of aryl methyl sites for hydroxylation is 1. The summed E-state index contributed by atoms with van der Waals surface area (Å²) < 4.78 is 7.37. The number of hydrogen-bond acceptors (Lipinski definition) is 7. The second-order valence-corrected chi connectivity index (χ2v) is 8.91. The van der Waals surface area contributed by atoms with E-state index in [1.165, 1.54) is 0 Å². The van der Waals surface area contributed by atoms with Crippen molar-refractivity contribution in [2.45, 2.75) is 17.3 Å². The van der Waals surface area contributed by atoms with Crippen molar-refractivity contribution in [1.29, 1.82) is 0 Å². The second-order valence-electron chi connectivity index (χ2n) is 7.60. The van der Waals surface area contributed by atoms with E-state index in [0.717, 1.165) is 21.5 Å². The average Bonchev–Trinajstić information content (AvgIpc) is 3.26. The van der Waals surface area contributed by atoms with Crippen LogP contribution in [0.4, 0.5) is 5.69 Å². The van der Waals surface area contributed by atoms with Crippen LogP contribution in [0.1, 0.15) is 28.2 Å². The molecule has 0 spiro atoms. The molecule has 4 aromatic rings. The first-order valence-corrected chi connectivity index (χ1v) is 11.5. The van der Waals surface area contributed by atoms with Crippen LogP contribution < -0.4 is 15.4 Å². The van der Waals surface area contributed by atoms with E-state index in [1.807, 2.05) is 41.9 Å². The molecule has 0 saturated carbocycles. The standard InChI is InChI=1S/C24H24N6O3S/c1-15(34-24-29-27-14-30(24)3)16-5-4-6-19(9-16)28-23(32)21-11-18-10-20(33-13-22(31)25-2)8-7-17(18)12-26-21/h4-12,14-15H,13H2,1-3H3,(H,25,31)(H,28,32)/t15-/m0/s1. The van der Waals surface area contributed by atoms with Gasteiger partial charge in [0, 0.05) is 36.6 Å². The normalized spacial score (nSPS) is 11.7. The number of anilines is 1. The lowest BCUT2D eigenvalue weighted by Gasteiger charge is -2.13. The molecule has 2 aromatic carbocycles. The lowest BCUT2D eigenvalue weighted by atomic mass is 10.1. The Labute approximate surface area is 200 Å². The Morgan fingerprint density at radius 3 is 2.76 bits per heavy atom. The highest BCUT2D eigenvalue weighted by molar-refractivity contribution is 7.99. The lowest BCUT2D eigenvalue weighted by Crippen LogP contribution is -2.24. The number of benzene rings is 2. The molecule has 2 amide bonds. The van der Waals surface area contributed by atoms with Crippen LogP contribution in [0.25, 0.3) is 10.8 Å². The maximum atomic E-state index is 12.9. The highest BCUT2D eigenvalue weighted by Gasteiger charge is 2.14. The van der Waals surface area contributed by atoms with Crippen LogP contribution in [0.5, 0.6) is 5.75 Å². The molecule has 4 rings (SSSR count). The number of carbonyl (C=O) groups is 2. The van der Waals surface area contributed by atoms with Crippen LogP contribution in [0.2, 0.25) is 0 Å². The van der Waals surface area contributed by atoms with Gasteiger partial charge in [-0.15, -0.1) is 10.2 Å². The summed E-state index contributed by atoms with van der Waals surface area (Å²) in [7, 11) is 3.45. The van der Waals surface area contributed by atoms with Gasteiger partial charge in [0.15, 0.2) is 11.8 Å². The van der Waals surface area contributed by atoms with Gasteiger partial charge in [0.2, 0.25) is 0 Å². The third kappa shape index (κ3) is 5.52. The van der Waals surface area contributed by atoms with Crippen LogP contribution in [0, 0.1) is 0 Å². The zero-order valence-corrected chi connectivity index (χ0v) is 19.8. The van der Waals surface area contributed by atoms with Crippen LogP contribution >= 0.6 is 11.8 Å². The van der Waals surface area contributed by atoms with E-state index >= 15 is 0 Å². The van der Waals surface area contributed by atoms with Crippen molar-refractivity contribution in [2.24, 2.45) is 7.05 Å². The topological polar surface area (TPSA) is 111 Å². The minimum absolute atomic E-state index is 0.0792. The number of nitrogens with one attached hydrogen (secondary N) is 2. The minimum Gasteiger partial charge on any atom is -0.484 e. The molecule has 0 aliphatic carbocycles. The van der Waals surface area contributed by atoms with Crippen molar-refractivity contribution >= 4 is 40.0 Å². The quantitative estimate of drug-likeness (QED) is 0.374. The zero-order chi connectivity index (χ0) is 24.1. The number of thioether (sulfide) groups is 1. The summed E-state index contributed by atoms with van der Waals surface area (Å²) in [4.78, 5) is 28.6. The van der Waals surface area contributed by atoms with Crippen molar-refractivity contribution in [3.63, 3.8) is 0 Å². The third-order valence-corrected chi connectivity index (χ3v) is 6.35. The molecule has 2 aromatic heterocycles. The van der Waals surface area contributed by atoms with E-state index in [9.17, 15) is 9.59 Å². The number of nitrogens with zero attached hydrogens (tertiary/aromatic N) is 4. The first-order valence-electron chi connectivity index (χ1n) is 10.6. The summed E-state index contributed by atoms with van der Waals surface area (Å²) in [5.41, 5.74) is 2.01. The van der Waals surface area contributed by atoms with Gasteiger partial charge in [-0.05, 0) is 54.3 Å². The maximum absolute atomic E-state index is 12.9. The number of rotatable bonds is 8. The maximum Gasteiger partial charge on any atom is 0.274 e. The molecule has 2 N–H and O–H groups in total. The fourth-order valence-corrected chi connectivity index (χ4v) is 4.13. The summed E-state index contributed by atoms with van der Waals surface area (Å²) in [6.07, 6.45) is 3.31. The van der Waals surface area contributed by atoms with E-state index in [1.54, 1.807) is 49.5 Å². The predicted octanol–water partition coefficient (Wildman–Crippen LogP) is 3.59. The van der Waals surface area contributed by atoms with E-state index in [-0.39, 0.29) is 29.4 Å². The second kappa shape index (κ2) is 10.3. The molecular formula is C24H24N6O3S. The summed E-state index contributed by atoms with van der Waals surface area (Å²) >= 11 is 1.59. The molecule has 0 radical (unpaired) electrons. The number of pyridine rings is 1. The Bertz CT molecular complexity index is 1340. The lowest BCUT2D eigenvalue weighted by molar-refractivity contribution is -0.122. The highest BCUT2D eigenvalue weighted by Crippen LogP contribution is 2.34. The molecule has 0 saturated heterocycles. The molecule has 0 aliphatic heterocycles. The summed E-state index contributed by atoms with van der Waals surface area (Å²) in [5.74, 6) is 0.00141. The van der Waals surface area contributed by atoms with E-state index in [2.05, 4.69) is 32.7 Å². The first kappa shape index (κ1) is 23.2. The molecule has 174 valence electrons. The van der Waals surface area contributed by atoms with Crippen molar-refractivity contribution < 1.29 is 14.3 Å². The average molecular weight is 477 g/mol. The fourth-order valence-electron chi connectivity index (χ4n) is 3.22. The van der Waals surface area contributed by atoms with Gasteiger partial charge in [-0.25, -0.2) is 0 Å². The third-order valence-electron chi connectivity index (χ3n) is 5.14. The van der Waals surface area contributed by atoms with Gasteiger partial charge in [-0.2, -0.15) is 0 Å². The van der Waals surface area contributed by atoms with Crippen molar-refractivity contribution in [1.82, 2.24) is 25.1 Å². The van der Waals surface area contributed by atoms with E-state index in [4.69, 9.17) is 4.74 Å². The van der Waals surface area contributed by atoms with Gasteiger partial charge in [0.25, 0.3) is 11.8 Å². The SMILES string of the molecule is CNC(=O)COc1ccc2cnc(C(=O)Nc3cccc([C@H](C)Sc4nncn4C)c3)cc2c1. The Hall–Kier alpha value is -3.92. The number of amides is 2. The Kier molecular flexibility index (Phi) is 7.07. The van der Waals surface area contributed by atoms with Gasteiger partial charge in [0.05, 0.1) is 0 Å². The highest BCUT2D eigenvalue weighted by atomic mass is 32.2. The fraction of sp³-hybridized carbons (Fsp3) is 0.208. The molecule has 10 heteroatoms. The monoisotopic (exact) mass is 476 g/mol.